The quantitative estimate of drug-likeness (QED) is 0.252. The number of hydrazone groups is 1. The number of carbonyl (C=O) groups is 2. The van der Waals surface area contributed by atoms with Gasteiger partial charge in [0, 0.05) is 29.5 Å². The van der Waals surface area contributed by atoms with E-state index >= 15 is 0 Å². The number of fused-ring (bicyclic) bond motifs is 5. The minimum Gasteiger partial charge on any atom is -0.458 e. The van der Waals surface area contributed by atoms with Gasteiger partial charge in [0.15, 0.2) is 0 Å². The molecule has 1 amide bonds. The summed E-state index contributed by atoms with van der Waals surface area (Å²) in [5, 5.41) is 39.5. The molecule has 4 aliphatic carbocycles. The molecule has 0 unspecified atom stereocenters. The number of nitrogens with zero attached hydrogens (tertiary/aromatic N) is 1. The van der Waals surface area contributed by atoms with E-state index in [0.29, 0.717) is 37.7 Å². The Bertz CT molecular complexity index is 1250. The van der Waals surface area contributed by atoms with E-state index in [9.17, 15) is 29.3 Å². The molecule has 4 saturated carbocycles. The van der Waals surface area contributed by atoms with Crippen molar-refractivity contribution < 1.29 is 34.0 Å². The Kier molecular flexibility index (Phi) is 6.71. The minimum atomic E-state index is -1.20. The van der Waals surface area contributed by atoms with E-state index < -0.39 is 28.1 Å². The SMILES string of the molecule is C[C@]12CC[C@H]3[C@@H](CC[C@]4(O)C[C@H](O)CC[C@]34/C=N\NC(=O)Cc3ccc(F)cc3)[C@@]1(O)CC[C@H]2C1=CC(=O)OC1. The van der Waals surface area contributed by atoms with Crippen molar-refractivity contribution in [2.45, 2.75) is 88.4 Å². The van der Waals surface area contributed by atoms with Crippen molar-refractivity contribution in [3.8, 4) is 0 Å². The number of halogens is 1. The van der Waals surface area contributed by atoms with E-state index in [2.05, 4.69) is 17.5 Å². The van der Waals surface area contributed by atoms with Gasteiger partial charge in [-0.15, -0.1) is 0 Å². The van der Waals surface area contributed by atoms with Crippen LogP contribution in [0.3, 0.4) is 0 Å². The van der Waals surface area contributed by atoms with Crippen molar-refractivity contribution in [1.82, 2.24) is 5.43 Å². The van der Waals surface area contributed by atoms with Crippen LogP contribution in [0.5, 0.6) is 0 Å². The predicted molar refractivity (Wildman–Crippen MR) is 144 cm³/mol. The molecule has 4 fully saturated rings. The molecule has 0 spiro atoms. The molecule has 5 aliphatic rings. The third kappa shape index (κ3) is 4.15. The van der Waals surface area contributed by atoms with Gasteiger partial charge in [-0.1, -0.05) is 19.1 Å². The molecule has 1 aromatic rings. The number of carbonyl (C=O) groups excluding carboxylic acids is 2. The van der Waals surface area contributed by atoms with E-state index in [1.54, 1.807) is 24.4 Å². The number of aliphatic hydroxyl groups is 3. The summed E-state index contributed by atoms with van der Waals surface area (Å²) >= 11 is 0. The van der Waals surface area contributed by atoms with Crippen LogP contribution in [0.2, 0.25) is 0 Å². The first-order valence-corrected chi connectivity index (χ1v) is 14.6. The van der Waals surface area contributed by atoms with Gasteiger partial charge in [-0.3, -0.25) is 4.79 Å². The molecular formula is C31H39FN2O6. The molecule has 1 aliphatic heterocycles. The normalized spacial score (nSPS) is 42.5. The van der Waals surface area contributed by atoms with Crippen LogP contribution in [0.4, 0.5) is 4.39 Å². The summed E-state index contributed by atoms with van der Waals surface area (Å²) in [6, 6.07) is 5.73. The zero-order chi connectivity index (χ0) is 28.3. The number of hydrogen-bond acceptors (Lipinski definition) is 7. The molecule has 8 nitrogen and oxygen atoms in total. The van der Waals surface area contributed by atoms with Gasteiger partial charge in [-0.05, 0) is 92.4 Å². The topological polar surface area (TPSA) is 128 Å². The molecular weight excluding hydrogens is 515 g/mol. The van der Waals surface area contributed by atoms with Crippen LogP contribution in [0.15, 0.2) is 41.0 Å². The third-order valence-electron chi connectivity index (χ3n) is 11.4. The van der Waals surface area contributed by atoms with Gasteiger partial charge in [-0.25, -0.2) is 14.6 Å². The van der Waals surface area contributed by atoms with Crippen molar-refractivity contribution in [3.05, 3.63) is 47.3 Å². The first kappa shape index (κ1) is 27.5. The number of cyclic esters (lactones) is 1. The van der Waals surface area contributed by atoms with Crippen LogP contribution in [0, 0.1) is 34.4 Å². The fraction of sp³-hybridized carbons (Fsp3) is 0.645. The number of amides is 1. The van der Waals surface area contributed by atoms with Crippen molar-refractivity contribution >= 4 is 18.1 Å². The molecule has 0 bridgehead atoms. The smallest absolute Gasteiger partial charge is 0.331 e. The van der Waals surface area contributed by atoms with Crippen LogP contribution in [-0.2, 0) is 20.7 Å². The summed E-state index contributed by atoms with van der Waals surface area (Å²) < 4.78 is 18.5. The highest BCUT2D eigenvalue weighted by atomic mass is 19.1. The fourth-order valence-electron chi connectivity index (χ4n) is 9.41. The predicted octanol–water partition coefficient (Wildman–Crippen LogP) is 3.18. The van der Waals surface area contributed by atoms with Crippen LogP contribution < -0.4 is 5.43 Å². The second-order valence-corrected chi connectivity index (χ2v) is 13.1. The van der Waals surface area contributed by atoms with Crippen LogP contribution in [-0.4, -0.2) is 57.3 Å². The summed E-state index contributed by atoms with van der Waals surface area (Å²) in [7, 11) is 0. The molecule has 40 heavy (non-hydrogen) atoms. The van der Waals surface area contributed by atoms with Crippen molar-refractivity contribution in [2.75, 3.05) is 6.61 Å². The summed E-state index contributed by atoms with van der Waals surface area (Å²) in [5.41, 5.74) is 0.835. The number of ether oxygens (including phenoxy) is 1. The van der Waals surface area contributed by atoms with Gasteiger partial charge in [0.05, 0.1) is 23.7 Å². The second kappa shape index (κ2) is 9.74. The molecule has 1 heterocycles. The minimum absolute atomic E-state index is 0.0429. The molecule has 4 N–H and O–H groups in total. The molecule has 216 valence electrons. The zero-order valence-corrected chi connectivity index (χ0v) is 22.9. The van der Waals surface area contributed by atoms with Crippen molar-refractivity contribution in [3.63, 3.8) is 0 Å². The number of aliphatic hydroxyl groups excluding tert-OH is 1. The number of hydrogen-bond donors (Lipinski definition) is 4. The molecule has 8 atom stereocenters. The largest absolute Gasteiger partial charge is 0.458 e. The maximum Gasteiger partial charge on any atom is 0.331 e. The van der Waals surface area contributed by atoms with Crippen molar-refractivity contribution in [1.29, 1.82) is 0 Å². The van der Waals surface area contributed by atoms with Gasteiger partial charge < -0.3 is 20.1 Å². The Labute approximate surface area is 233 Å². The first-order chi connectivity index (χ1) is 19.0. The Morgan fingerprint density at radius 3 is 2.58 bits per heavy atom. The van der Waals surface area contributed by atoms with E-state index in [4.69, 9.17) is 4.74 Å². The Hall–Kier alpha value is -2.62. The third-order valence-corrected chi connectivity index (χ3v) is 11.4. The average molecular weight is 555 g/mol. The van der Waals surface area contributed by atoms with E-state index in [1.165, 1.54) is 12.1 Å². The number of rotatable bonds is 5. The Morgan fingerprint density at radius 2 is 1.85 bits per heavy atom. The number of benzene rings is 1. The molecule has 0 saturated heterocycles. The Balaban J connectivity index is 1.28. The Morgan fingerprint density at radius 1 is 1.10 bits per heavy atom. The lowest BCUT2D eigenvalue weighted by Gasteiger charge is -2.65. The molecule has 9 heteroatoms. The van der Waals surface area contributed by atoms with Gasteiger partial charge in [0.2, 0.25) is 5.91 Å². The number of nitrogens with one attached hydrogen (secondary N) is 1. The highest BCUT2D eigenvalue weighted by Gasteiger charge is 2.71. The lowest BCUT2D eigenvalue weighted by atomic mass is 9.41. The highest BCUT2D eigenvalue weighted by Crippen LogP contribution is 2.70. The maximum atomic E-state index is 13.2. The molecule has 0 aromatic heterocycles. The second-order valence-electron chi connectivity index (χ2n) is 13.1. The average Bonchev–Trinajstić information content (AvgIpc) is 3.45. The summed E-state index contributed by atoms with van der Waals surface area (Å²) in [5.74, 6) is -1.14. The maximum absolute atomic E-state index is 13.2. The highest BCUT2D eigenvalue weighted by molar-refractivity contribution is 5.85. The number of esters is 1. The monoisotopic (exact) mass is 554 g/mol. The molecule has 0 radical (unpaired) electrons. The molecule has 1 aromatic carbocycles. The fourth-order valence-corrected chi connectivity index (χ4v) is 9.41. The van der Waals surface area contributed by atoms with Crippen LogP contribution in [0.25, 0.3) is 0 Å². The van der Waals surface area contributed by atoms with Gasteiger partial charge >= 0.3 is 5.97 Å². The van der Waals surface area contributed by atoms with Crippen molar-refractivity contribution in [2.24, 2.45) is 33.7 Å². The summed E-state index contributed by atoms with van der Waals surface area (Å²) in [4.78, 5) is 24.5. The molecule has 6 rings (SSSR count). The lowest BCUT2D eigenvalue weighted by molar-refractivity contribution is -0.237. The summed E-state index contributed by atoms with van der Waals surface area (Å²) in [6.07, 6.45) is 7.91. The van der Waals surface area contributed by atoms with E-state index in [0.717, 1.165) is 24.8 Å². The van der Waals surface area contributed by atoms with E-state index in [-0.39, 0.29) is 54.9 Å². The zero-order valence-electron chi connectivity index (χ0n) is 22.9. The summed E-state index contributed by atoms with van der Waals surface area (Å²) in [6.45, 7) is 2.43. The van der Waals surface area contributed by atoms with Gasteiger partial charge in [0.1, 0.15) is 12.4 Å². The van der Waals surface area contributed by atoms with Crippen LogP contribution in [0.1, 0.15) is 70.3 Å². The first-order valence-electron chi connectivity index (χ1n) is 14.6. The van der Waals surface area contributed by atoms with E-state index in [1.807, 2.05) is 0 Å². The standard InChI is InChI=1S/C31H39FN2O6/c1-28-10-7-24-25(31(28,39)13-9-23(28)20-15-27(37)40-17-20)8-12-30(38)16-22(35)6-11-29(24,30)18-33-34-26(36)14-19-2-4-21(32)5-3-19/h2-5,15,18,22-25,35,38-39H,6-14,16-17H2,1H3,(H,34,36)/b33-18-/t22-,23+,24+,25-,28-,29+,30+,31+/m1/s1. The van der Waals surface area contributed by atoms with Gasteiger partial charge in [0.25, 0.3) is 0 Å². The lowest BCUT2D eigenvalue weighted by Crippen LogP contribution is -2.68. The van der Waals surface area contributed by atoms with Crippen LogP contribution >= 0.6 is 0 Å². The van der Waals surface area contributed by atoms with Gasteiger partial charge in [-0.2, -0.15) is 5.10 Å².